The minimum absolute atomic E-state index is 0.0752. The van der Waals surface area contributed by atoms with Gasteiger partial charge in [-0.3, -0.25) is 9.69 Å². The van der Waals surface area contributed by atoms with Gasteiger partial charge in [-0.2, -0.15) is 0 Å². The second-order valence-electron chi connectivity index (χ2n) is 4.83. The van der Waals surface area contributed by atoms with Crippen molar-refractivity contribution in [3.63, 3.8) is 0 Å². The molecule has 0 spiro atoms. The molecule has 0 fully saturated rings. The lowest BCUT2D eigenvalue weighted by Crippen LogP contribution is -2.50. The molecule has 0 bridgehead atoms. The lowest BCUT2D eigenvalue weighted by molar-refractivity contribution is -0.136. The minimum Gasteiger partial charge on any atom is -0.481 e. The number of hydrogen-bond donors (Lipinski definition) is 2. The summed E-state index contributed by atoms with van der Waals surface area (Å²) in [6, 6.07) is 8.45. The van der Waals surface area contributed by atoms with E-state index in [2.05, 4.69) is 11.2 Å². The van der Waals surface area contributed by atoms with Crippen molar-refractivity contribution in [1.82, 2.24) is 5.32 Å². The maximum Gasteiger partial charge on any atom is 0.323 e. The van der Waals surface area contributed by atoms with Gasteiger partial charge in [-0.25, -0.2) is 4.79 Å². The predicted octanol–water partition coefficient (Wildman–Crippen LogP) is 2.09. The van der Waals surface area contributed by atoms with Gasteiger partial charge in [0.2, 0.25) is 0 Å². The van der Waals surface area contributed by atoms with Crippen LogP contribution >= 0.6 is 0 Å². The number of para-hydroxylation sites is 1. The Morgan fingerprint density at radius 1 is 1.35 bits per heavy atom. The van der Waals surface area contributed by atoms with E-state index in [1.807, 2.05) is 6.07 Å². The van der Waals surface area contributed by atoms with Crippen molar-refractivity contribution in [3.8, 4) is 12.3 Å². The van der Waals surface area contributed by atoms with E-state index in [0.29, 0.717) is 5.69 Å². The number of amides is 2. The van der Waals surface area contributed by atoms with Gasteiger partial charge in [0.05, 0.1) is 12.0 Å². The van der Waals surface area contributed by atoms with Crippen LogP contribution in [-0.2, 0) is 4.79 Å². The number of carboxylic acid groups (broad SMARTS) is 1. The highest BCUT2D eigenvalue weighted by molar-refractivity contribution is 5.93. The smallest absolute Gasteiger partial charge is 0.323 e. The number of benzene rings is 1. The number of carboxylic acids is 1. The topological polar surface area (TPSA) is 69.6 Å². The van der Waals surface area contributed by atoms with Gasteiger partial charge in [-0.05, 0) is 26.0 Å². The summed E-state index contributed by atoms with van der Waals surface area (Å²) in [5.74, 6) is 1.51. The van der Waals surface area contributed by atoms with Crippen LogP contribution in [0.25, 0.3) is 0 Å². The van der Waals surface area contributed by atoms with Crippen molar-refractivity contribution in [3.05, 3.63) is 30.3 Å². The molecule has 2 amide bonds. The van der Waals surface area contributed by atoms with E-state index in [9.17, 15) is 9.59 Å². The van der Waals surface area contributed by atoms with Crippen LogP contribution in [0, 0.1) is 12.3 Å². The van der Waals surface area contributed by atoms with E-state index in [1.54, 1.807) is 38.1 Å². The number of hydrogen-bond acceptors (Lipinski definition) is 2. The zero-order chi connectivity index (χ0) is 15.2. The zero-order valence-electron chi connectivity index (χ0n) is 11.6. The molecule has 5 nitrogen and oxygen atoms in total. The van der Waals surface area contributed by atoms with Gasteiger partial charge in [0.15, 0.2) is 0 Å². The molecule has 1 aromatic carbocycles. The Hall–Kier alpha value is -2.48. The van der Waals surface area contributed by atoms with Crippen LogP contribution in [0.3, 0.4) is 0 Å². The van der Waals surface area contributed by atoms with E-state index in [0.717, 1.165) is 0 Å². The Morgan fingerprint density at radius 3 is 2.45 bits per heavy atom. The first-order valence-electron chi connectivity index (χ1n) is 6.20. The van der Waals surface area contributed by atoms with Crippen LogP contribution in [-0.4, -0.2) is 29.2 Å². The monoisotopic (exact) mass is 274 g/mol. The first-order valence-corrected chi connectivity index (χ1v) is 6.20. The Morgan fingerprint density at radius 2 is 1.95 bits per heavy atom. The largest absolute Gasteiger partial charge is 0.481 e. The molecule has 0 radical (unpaired) electrons. The van der Waals surface area contributed by atoms with E-state index in [-0.39, 0.29) is 13.0 Å². The van der Waals surface area contributed by atoms with Gasteiger partial charge in [0.25, 0.3) is 0 Å². The molecule has 1 rings (SSSR count). The van der Waals surface area contributed by atoms with Crippen molar-refractivity contribution in [2.75, 3.05) is 11.4 Å². The molecule has 0 unspecified atom stereocenters. The molecule has 0 heterocycles. The summed E-state index contributed by atoms with van der Waals surface area (Å²) >= 11 is 0. The van der Waals surface area contributed by atoms with Crippen LogP contribution < -0.4 is 10.2 Å². The Labute approximate surface area is 118 Å². The van der Waals surface area contributed by atoms with Crippen LogP contribution in [0.4, 0.5) is 10.5 Å². The molecule has 20 heavy (non-hydrogen) atoms. The maximum absolute atomic E-state index is 12.3. The molecule has 5 heteroatoms. The van der Waals surface area contributed by atoms with Gasteiger partial charge in [-0.15, -0.1) is 6.42 Å². The second kappa shape index (κ2) is 6.62. The summed E-state index contributed by atoms with van der Waals surface area (Å²) in [6.45, 7) is 3.47. The van der Waals surface area contributed by atoms with Crippen molar-refractivity contribution in [2.45, 2.75) is 25.8 Å². The van der Waals surface area contributed by atoms with E-state index < -0.39 is 17.5 Å². The van der Waals surface area contributed by atoms with Gasteiger partial charge < -0.3 is 10.4 Å². The molecular formula is C15H18N2O3. The summed E-state index contributed by atoms with van der Waals surface area (Å²) < 4.78 is 0. The molecular weight excluding hydrogens is 256 g/mol. The highest BCUT2D eigenvalue weighted by atomic mass is 16.4. The molecule has 0 aliphatic rings. The van der Waals surface area contributed by atoms with Crippen molar-refractivity contribution in [1.29, 1.82) is 0 Å². The third-order valence-electron chi connectivity index (χ3n) is 2.64. The van der Waals surface area contributed by atoms with E-state index >= 15 is 0 Å². The van der Waals surface area contributed by atoms with Gasteiger partial charge in [0, 0.05) is 12.2 Å². The molecule has 0 saturated carbocycles. The molecule has 0 aliphatic heterocycles. The summed E-state index contributed by atoms with van der Waals surface area (Å²) in [6.07, 6.45) is 5.20. The molecule has 0 aromatic heterocycles. The van der Waals surface area contributed by atoms with Crippen LogP contribution in [0.15, 0.2) is 30.3 Å². The zero-order valence-corrected chi connectivity index (χ0v) is 11.6. The number of urea groups is 1. The summed E-state index contributed by atoms with van der Waals surface area (Å²) in [5, 5.41) is 11.5. The Bertz CT molecular complexity index is 518. The highest BCUT2D eigenvalue weighted by Crippen LogP contribution is 2.15. The number of carbonyl (C=O) groups is 2. The van der Waals surface area contributed by atoms with Gasteiger partial charge >= 0.3 is 12.0 Å². The lowest BCUT2D eigenvalue weighted by Gasteiger charge is -2.27. The quantitative estimate of drug-likeness (QED) is 0.808. The number of carbonyl (C=O) groups excluding carboxylic acids is 1. The van der Waals surface area contributed by atoms with E-state index in [4.69, 9.17) is 11.5 Å². The number of anilines is 1. The van der Waals surface area contributed by atoms with Crippen molar-refractivity contribution < 1.29 is 14.7 Å². The lowest BCUT2D eigenvalue weighted by atomic mass is 10.1. The number of nitrogens with one attached hydrogen (secondary N) is 1. The summed E-state index contributed by atoms with van der Waals surface area (Å²) in [5.41, 5.74) is -0.174. The summed E-state index contributed by atoms with van der Waals surface area (Å²) in [7, 11) is 0. The molecule has 0 saturated heterocycles. The van der Waals surface area contributed by atoms with Gasteiger partial charge in [-0.1, -0.05) is 24.1 Å². The normalized spacial score (nSPS) is 10.4. The molecule has 0 aliphatic carbocycles. The highest BCUT2D eigenvalue weighted by Gasteiger charge is 2.23. The van der Waals surface area contributed by atoms with E-state index in [1.165, 1.54) is 4.90 Å². The van der Waals surface area contributed by atoms with Crippen LogP contribution in [0.5, 0.6) is 0 Å². The third kappa shape index (κ3) is 4.65. The number of aliphatic carboxylic acids is 1. The molecule has 1 aromatic rings. The predicted molar refractivity (Wildman–Crippen MR) is 77.5 cm³/mol. The van der Waals surface area contributed by atoms with Crippen molar-refractivity contribution >= 4 is 17.7 Å². The fourth-order valence-corrected chi connectivity index (χ4v) is 1.53. The van der Waals surface area contributed by atoms with Crippen LogP contribution in [0.2, 0.25) is 0 Å². The maximum atomic E-state index is 12.3. The first kappa shape index (κ1) is 15.6. The molecule has 0 atom stereocenters. The Kier molecular flexibility index (Phi) is 5.15. The SMILES string of the molecule is C#CC(C)(C)NC(=O)N(CCC(=O)O)c1ccccc1. The molecule has 106 valence electrons. The average molecular weight is 274 g/mol. The van der Waals surface area contributed by atoms with Gasteiger partial charge in [0.1, 0.15) is 0 Å². The third-order valence-corrected chi connectivity index (χ3v) is 2.64. The standard InChI is InChI=1S/C15H18N2O3/c1-4-15(2,3)16-14(20)17(11-10-13(18)19)12-8-6-5-7-9-12/h1,5-9H,10-11H2,2-3H3,(H,16,20)(H,18,19). The number of rotatable bonds is 5. The second-order valence-corrected chi connectivity index (χ2v) is 4.83. The number of terminal acetylenes is 1. The minimum atomic E-state index is -0.963. The fourth-order valence-electron chi connectivity index (χ4n) is 1.53. The van der Waals surface area contributed by atoms with Crippen molar-refractivity contribution in [2.24, 2.45) is 0 Å². The Balaban J connectivity index is 2.91. The molecule has 2 N–H and O–H groups in total. The fraction of sp³-hybridized carbons (Fsp3) is 0.333. The first-order chi connectivity index (χ1) is 9.35. The van der Waals surface area contributed by atoms with Crippen LogP contribution in [0.1, 0.15) is 20.3 Å². The number of nitrogens with zero attached hydrogens (tertiary/aromatic N) is 1. The summed E-state index contributed by atoms with van der Waals surface area (Å²) in [4.78, 5) is 24.3. The average Bonchev–Trinajstić information content (AvgIpc) is 2.39.